The maximum Gasteiger partial charge on any atom is 0.196 e. The van der Waals surface area contributed by atoms with Gasteiger partial charge >= 0.3 is 0 Å². The molecule has 0 bridgehead atoms. The Hall–Kier alpha value is -7.22. The number of benzene rings is 7. The number of aromatic nitrogens is 3. The zero-order valence-corrected chi connectivity index (χ0v) is 28.1. The Balaban J connectivity index is 1.19. The summed E-state index contributed by atoms with van der Waals surface area (Å²) in [6, 6.07) is 63.7. The topological polar surface area (TPSA) is 27.1 Å². The fraction of sp³-hybridized carbons (Fsp3) is 0. The molecule has 0 N–H and O–H groups in total. The Morgan fingerprint density at radius 2 is 1.04 bits per heavy atom. The number of nitrogens with zero attached hydrogens (tertiary/aromatic N) is 4. The second kappa shape index (κ2) is 12.0. The van der Waals surface area contributed by atoms with Crippen LogP contribution in [-0.4, -0.2) is 14.1 Å². The van der Waals surface area contributed by atoms with Gasteiger partial charge in [-0.3, -0.25) is 0 Å². The summed E-state index contributed by atoms with van der Waals surface area (Å²) in [4.78, 5) is 8.96. The number of para-hydroxylation sites is 4. The van der Waals surface area contributed by atoms with Crippen LogP contribution in [0.25, 0.3) is 93.5 Å². The van der Waals surface area contributed by atoms with Crippen molar-refractivity contribution in [3.63, 3.8) is 0 Å². The molecule has 0 spiro atoms. The number of rotatable bonds is 5. The molecule has 10 rings (SSSR count). The monoisotopic (exact) mass is 662 g/mol. The summed E-state index contributed by atoms with van der Waals surface area (Å²) < 4.78 is 4.80. The number of hydrogen-bond donors (Lipinski definition) is 0. The molecular formula is C48H30N4. The quantitative estimate of drug-likeness (QED) is 0.169. The first-order chi connectivity index (χ1) is 25.8. The van der Waals surface area contributed by atoms with Gasteiger partial charge in [0.15, 0.2) is 5.69 Å². The highest BCUT2D eigenvalue weighted by Gasteiger charge is 2.21. The van der Waals surface area contributed by atoms with Crippen molar-refractivity contribution < 1.29 is 0 Å². The Labute approximate surface area is 300 Å². The van der Waals surface area contributed by atoms with Crippen LogP contribution in [-0.2, 0) is 0 Å². The lowest BCUT2D eigenvalue weighted by molar-refractivity contribution is 1.17. The van der Waals surface area contributed by atoms with E-state index >= 15 is 0 Å². The van der Waals surface area contributed by atoms with Crippen LogP contribution in [0.3, 0.4) is 0 Å². The zero-order valence-electron chi connectivity index (χ0n) is 28.1. The highest BCUT2D eigenvalue weighted by molar-refractivity contribution is 6.26. The van der Waals surface area contributed by atoms with Gasteiger partial charge in [0.25, 0.3) is 0 Å². The van der Waals surface area contributed by atoms with E-state index in [-0.39, 0.29) is 0 Å². The van der Waals surface area contributed by atoms with Gasteiger partial charge in [-0.25, -0.2) is 9.83 Å². The molecule has 242 valence electrons. The van der Waals surface area contributed by atoms with E-state index in [0.717, 1.165) is 50.5 Å². The predicted octanol–water partition coefficient (Wildman–Crippen LogP) is 12.8. The van der Waals surface area contributed by atoms with Gasteiger partial charge < -0.3 is 9.13 Å². The maximum atomic E-state index is 7.81. The summed E-state index contributed by atoms with van der Waals surface area (Å²) in [6.45, 7) is 7.81. The lowest BCUT2D eigenvalue weighted by atomic mass is 9.99. The summed E-state index contributed by atoms with van der Waals surface area (Å²) >= 11 is 0. The second-order valence-corrected chi connectivity index (χ2v) is 13.1. The van der Waals surface area contributed by atoms with E-state index in [1.54, 1.807) is 0 Å². The fourth-order valence-electron chi connectivity index (χ4n) is 7.81. The molecule has 7 aromatic carbocycles. The molecule has 0 aliphatic rings. The standard InChI is InChI=1S/C48H30N4/c1-49-41-21-11-8-19-39(41)43-31-34(32-14-4-2-5-15-32)30-42(50-43)33-24-26-36(27-25-33)52-44-22-12-9-18-37(44)38-28-29-46-47(48(38)52)40-20-10-13-23-45(40)51(46)35-16-6-3-7-17-35/h2-31H. The molecule has 0 unspecified atom stereocenters. The molecule has 0 radical (unpaired) electrons. The van der Waals surface area contributed by atoms with Gasteiger partial charge in [0.2, 0.25) is 0 Å². The summed E-state index contributed by atoms with van der Waals surface area (Å²) in [5, 5.41) is 4.91. The normalized spacial score (nSPS) is 11.4. The smallest absolute Gasteiger partial charge is 0.196 e. The van der Waals surface area contributed by atoms with E-state index in [1.807, 2.05) is 30.3 Å². The number of fused-ring (bicyclic) bond motifs is 7. The summed E-state index contributed by atoms with van der Waals surface area (Å²) in [7, 11) is 0. The summed E-state index contributed by atoms with van der Waals surface area (Å²) in [5.74, 6) is 0. The van der Waals surface area contributed by atoms with Crippen molar-refractivity contribution in [3.05, 3.63) is 193 Å². The lowest BCUT2D eigenvalue weighted by Crippen LogP contribution is -1.96. The number of pyridine rings is 1. The highest BCUT2D eigenvalue weighted by atomic mass is 15.0. The minimum Gasteiger partial charge on any atom is -0.309 e. The Morgan fingerprint density at radius 3 is 1.81 bits per heavy atom. The van der Waals surface area contributed by atoms with Crippen molar-refractivity contribution in [2.75, 3.05) is 0 Å². The first-order valence-corrected chi connectivity index (χ1v) is 17.4. The highest BCUT2D eigenvalue weighted by Crippen LogP contribution is 2.42. The number of hydrogen-bond acceptors (Lipinski definition) is 1. The molecule has 0 aliphatic carbocycles. The largest absolute Gasteiger partial charge is 0.309 e. The third-order valence-electron chi connectivity index (χ3n) is 10.1. The van der Waals surface area contributed by atoms with Crippen LogP contribution in [0.1, 0.15) is 0 Å². The van der Waals surface area contributed by atoms with E-state index in [1.165, 1.54) is 38.1 Å². The molecule has 0 fully saturated rings. The van der Waals surface area contributed by atoms with Crippen molar-refractivity contribution in [1.82, 2.24) is 14.1 Å². The first kappa shape index (κ1) is 29.7. The molecule has 4 nitrogen and oxygen atoms in total. The van der Waals surface area contributed by atoms with Crippen molar-refractivity contribution in [2.24, 2.45) is 0 Å². The van der Waals surface area contributed by atoms with Gasteiger partial charge in [-0.15, -0.1) is 0 Å². The van der Waals surface area contributed by atoms with E-state index in [0.29, 0.717) is 5.69 Å². The minimum atomic E-state index is 0.591. The minimum absolute atomic E-state index is 0.591. The second-order valence-electron chi connectivity index (χ2n) is 13.1. The molecule has 0 saturated heterocycles. The zero-order chi connectivity index (χ0) is 34.6. The third-order valence-corrected chi connectivity index (χ3v) is 10.1. The van der Waals surface area contributed by atoms with Crippen LogP contribution in [0.4, 0.5) is 5.69 Å². The molecule has 52 heavy (non-hydrogen) atoms. The average molecular weight is 663 g/mol. The van der Waals surface area contributed by atoms with E-state index in [4.69, 9.17) is 11.6 Å². The van der Waals surface area contributed by atoms with Crippen LogP contribution in [0.5, 0.6) is 0 Å². The van der Waals surface area contributed by atoms with Gasteiger partial charge in [0.1, 0.15) is 0 Å². The molecule has 3 aromatic heterocycles. The Morgan fingerprint density at radius 1 is 0.423 bits per heavy atom. The Kier molecular flexibility index (Phi) is 6.84. The van der Waals surface area contributed by atoms with Crippen LogP contribution < -0.4 is 0 Å². The van der Waals surface area contributed by atoms with Crippen LogP contribution in [0.2, 0.25) is 0 Å². The van der Waals surface area contributed by atoms with Gasteiger partial charge in [-0.2, -0.15) is 0 Å². The fourth-order valence-corrected chi connectivity index (χ4v) is 7.81. The van der Waals surface area contributed by atoms with Gasteiger partial charge in [-0.1, -0.05) is 127 Å². The molecular weight excluding hydrogens is 633 g/mol. The summed E-state index contributed by atoms with van der Waals surface area (Å²) in [5.41, 5.74) is 13.2. The van der Waals surface area contributed by atoms with Crippen molar-refractivity contribution in [1.29, 1.82) is 0 Å². The molecule has 0 aliphatic heterocycles. The summed E-state index contributed by atoms with van der Waals surface area (Å²) in [6.07, 6.45) is 0. The molecule has 4 heteroatoms. The Bertz CT molecular complexity index is 3000. The van der Waals surface area contributed by atoms with Gasteiger partial charge in [0, 0.05) is 44.0 Å². The lowest BCUT2D eigenvalue weighted by Gasteiger charge is -2.13. The molecule has 3 heterocycles. The van der Waals surface area contributed by atoms with E-state index in [9.17, 15) is 0 Å². The van der Waals surface area contributed by atoms with Crippen LogP contribution in [0.15, 0.2) is 182 Å². The molecule has 0 atom stereocenters. The molecule has 0 amide bonds. The van der Waals surface area contributed by atoms with Gasteiger partial charge in [-0.05, 0) is 65.7 Å². The molecule has 0 saturated carbocycles. The van der Waals surface area contributed by atoms with Crippen LogP contribution >= 0.6 is 0 Å². The third kappa shape index (κ3) is 4.65. The van der Waals surface area contributed by atoms with E-state index < -0.39 is 0 Å². The van der Waals surface area contributed by atoms with Crippen LogP contribution in [0, 0.1) is 6.57 Å². The molecule has 10 aromatic rings. The van der Waals surface area contributed by atoms with Gasteiger partial charge in [0.05, 0.1) is 40.0 Å². The first-order valence-electron chi connectivity index (χ1n) is 17.4. The SMILES string of the molecule is [C-]#[N+]c1ccccc1-c1cc(-c2ccccc2)cc(-c2ccc(-n3c4ccccc4c4ccc5c(c6ccccc6n5-c5ccccc5)c43)cc2)n1. The maximum absolute atomic E-state index is 7.81. The van der Waals surface area contributed by atoms with Crippen molar-refractivity contribution in [2.45, 2.75) is 0 Å². The average Bonchev–Trinajstić information content (AvgIpc) is 3.74. The van der Waals surface area contributed by atoms with E-state index in [2.05, 4.69) is 166 Å². The van der Waals surface area contributed by atoms with Crippen molar-refractivity contribution in [3.8, 4) is 45.0 Å². The predicted molar refractivity (Wildman–Crippen MR) is 215 cm³/mol. The van der Waals surface area contributed by atoms with Crippen molar-refractivity contribution >= 4 is 49.3 Å².